The number of ketones is 1. The van der Waals surface area contributed by atoms with E-state index in [4.69, 9.17) is 20.2 Å². The number of carbonyl (C=O) groups excluding carboxylic acids is 1. The smallest absolute Gasteiger partial charge is 0.219 e. The number of thiazole rings is 1. The van der Waals surface area contributed by atoms with Gasteiger partial charge in [-0.15, -0.1) is 11.3 Å². The fourth-order valence-electron chi connectivity index (χ4n) is 4.38. The van der Waals surface area contributed by atoms with Crippen molar-refractivity contribution in [1.82, 2.24) is 15.0 Å². The summed E-state index contributed by atoms with van der Waals surface area (Å²) in [6.45, 7) is 1.13. The van der Waals surface area contributed by atoms with Crippen LogP contribution in [0.4, 0.5) is 5.95 Å². The number of rotatable bonds is 6. The lowest BCUT2D eigenvalue weighted by molar-refractivity contribution is -0.127. The van der Waals surface area contributed by atoms with Gasteiger partial charge >= 0.3 is 0 Å². The van der Waals surface area contributed by atoms with Crippen LogP contribution in [0, 0.1) is 0 Å². The van der Waals surface area contributed by atoms with Crippen molar-refractivity contribution < 1.29 is 14.3 Å². The summed E-state index contributed by atoms with van der Waals surface area (Å²) in [4.78, 5) is 26.6. The van der Waals surface area contributed by atoms with Crippen LogP contribution in [0.2, 0.25) is 0 Å². The van der Waals surface area contributed by atoms with Gasteiger partial charge in [-0.05, 0) is 42.2 Å². The Balaban J connectivity index is 1.43. The van der Waals surface area contributed by atoms with E-state index in [1.807, 2.05) is 42.5 Å². The van der Waals surface area contributed by atoms with Crippen molar-refractivity contribution >= 4 is 33.3 Å². The number of hydrogen-bond acceptors (Lipinski definition) is 8. The summed E-state index contributed by atoms with van der Waals surface area (Å²) in [6.07, 6.45) is 5.03. The largest absolute Gasteiger partial charge is 0.497 e. The van der Waals surface area contributed by atoms with E-state index in [9.17, 15) is 4.79 Å². The molecule has 1 fully saturated rings. The Morgan fingerprint density at radius 1 is 1.09 bits per heavy atom. The summed E-state index contributed by atoms with van der Waals surface area (Å²) in [6, 6.07) is 13.9. The number of fused-ring (bicyclic) bond motifs is 1. The van der Waals surface area contributed by atoms with Gasteiger partial charge in [-0.3, -0.25) is 4.79 Å². The highest BCUT2D eigenvalue weighted by Crippen LogP contribution is 2.38. The number of nitrogen functional groups attached to an aromatic ring is 1. The van der Waals surface area contributed by atoms with Crippen molar-refractivity contribution in [2.75, 3.05) is 26.1 Å². The lowest BCUT2D eigenvalue weighted by Crippen LogP contribution is -2.42. The van der Waals surface area contributed by atoms with Crippen molar-refractivity contribution in [2.45, 2.75) is 24.7 Å². The minimum atomic E-state index is -0.579. The van der Waals surface area contributed by atoms with Crippen LogP contribution < -0.4 is 10.5 Å². The molecule has 5 rings (SSSR count). The lowest BCUT2D eigenvalue weighted by atomic mass is 9.70. The number of methoxy groups -OCH3 is 1. The molecule has 0 aliphatic carbocycles. The second-order valence-electron chi connectivity index (χ2n) is 8.14. The number of ether oxygens (including phenoxy) is 2. The number of hydrogen-bond donors (Lipinski definition) is 1. The SMILES string of the molecule is COc1ccc2nc(CC(=O)C3(c4ccc(-c5cnc(N)nc5)cc4)CCOCC3)sc2c1. The first-order valence-corrected chi connectivity index (χ1v) is 11.6. The van der Waals surface area contributed by atoms with Crippen LogP contribution in [-0.2, 0) is 21.4 Å². The molecule has 2 N–H and O–H groups in total. The van der Waals surface area contributed by atoms with Gasteiger partial charge in [0.15, 0.2) is 0 Å². The molecule has 8 heteroatoms. The molecule has 0 atom stereocenters. The highest BCUT2D eigenvalue weighted by molar-refractivity contribution is 7.18. The van der Waals surface area contributed by atoms with Crippen LogP contribution in [-0.4, -0.2) is 41.1 Å². The van der Waals surface area contributed by atoms with E-state index in [1.54, 1.807) is 30.8 Å². The second-order valence-corrected chi connectivity index (χ2v) is 9.26. The van der Waals surface area contributed by atoms with Gasteiger partial charge in [-0.25, -0.2) is 15.0 Å². The van der Waals surface area contributed by atoms with Crippen molar-refractivity contribution in [1.29, 1.82) is 0 Å². The van der Waals surface area contributed by atoms with Gasteiger partial charge in [-0.1, -0.05) is 24.3 Å². The van der Waals surface area contributed by atoms with Crippen LogP contribution >= 0.6 is 11.3 Å². The third-order valence-corrected chi connectivity index (χ3v) is 7.29. The van der Waals surface area contributed by atoms with E-state index in [0.29, 0.717) is 32.5 Å². The Labute approximate surface area is 195 Å². The first-order chi connectivity index (χ1) is 16.1. The van der Waals surface area contributed by atoms with E-state index in [-0.39, 0.29) is 11.7 Å². The Bertz CT molecular complexity index is 1280. The molecule has 0 saturated carbocycles. The van der Waals surface area contributed by atoms with Crippen LogP contribution in [0.5, 0.6) is 5.75 Å². The average Bonchev–Trinajstić information content (AvgIpc) is 3.26. The minimum absolute atomic E-state index is 0.181. The summed E-state index contributed by atoms with van der Waals surface area (Å²) in [5.41, 5.74) is 8.78. The minimum Gasteiger partial charge on any atom is -0.497 e. The number of anilines is 1. The van der Waals surface area contributed by atoms with Gasteiger partial charge in [0.05, 0.1) is 29.2 Å². The van der Waals surface area contributed by atoms with E-state index in [1.165, 1.54) is 0 Å². The van der Waals surface area contributed by atoms with E-state index >= 15 is 0 Å². The highest BCUT2D eigenvalue weighted by atomic mass is 32.1. The maximum Gasteiger partial charge on any atom is 0.219 e. The standard InChI is InChI=1S/C25H24N4O3S/c1-31-19-6-7-20-21(12-19)33-23(29-20)13-22(30)25(8-10-32-11-9-25)18-4-2-16(3-5-18)17-14-27-24(26)28-15-17/h2-7,12,14-15H,8-11,13H2,1H3,(H2,26,27,28). The molecule has 2 aromatic heterocycles. The molecule has 33 heavy (non-hydrogen) atoms. The zero-order valence-corrected chi connectivity index (χ0v) is 19.1. The third-order valence-electron chi connectivity index (χ3n) is 6.27. The van der Waals surface area contributed by atoms with Gasteiger partial charge in [0, 0.05) is 31.2 Å². The van der Waals surface area contributed by atoms with E-state index in [2.05, 4.69) is 9.97 Å². The maximum atomic E-state index is 13.7. The highest BCUT2D eigenvalue weighted by Gasteiger charge is 2.41. The number of Topliss-reactive ketones (excluding diaryl/α,β-unsaturated/α-hetero) is 1. The fraction of sp³-hybridized carbons (Fsp3) is 0.280. The first-order valence-electron chi connectivity index (χ1n) is 10.8. The topological polar surface area (TPSA) is 100 Å². The zero-order valence-electron chi connectivity index (χ0n) is 18.3. The van der Waals surface area contributed by atoms with Crippen molar-refractivity contribution in [3.8, 4) is 16.9 Å². The fourth-order valence-corrected chi connectivity index (χ4v) is 5.37. The Hall–Kier alpha value is -3.36. The Kier molecular flexibility index (Phi) is 5.78. The molecule has 0 radical (unpaired) electrons. The number of nitrogens with zero attached hydrogens (tertiary/aromatic N) is 3. The Morgan fingerprint density at radius 2 is 1.82 bits per heavy atom. The molecule has 168 valence electrons. The number of nitrogens with two attached hydrogens (primary N) is 1. The summed E-state index contributed by atoms with van der Waals surface area (Å²) in [5.74, 6) is 1.22. The van der Waals surface area contributed by atoms with E-state index < -0.39 is 5.41 Å². The van der Waals surface area contributed by atoms with Crippen LogP contribution in [0.15, 0.2) is 54.9 Å². The molecule has 1 aliphatic heterocycles. The van der Waals surface area contributed by atoms with Gasteiger partial charge in [0.2, 0.25) is 5.95 Å². The monoisotopic (exact) mass is 460 g/mol. The molecule has 0 spiro atoms. The summed E-state index contributed by atoms with van der Waals surface area (Å²) >= 11 is 1.55. The molecular formula is C25H24N4O3S. The molecule has 0 bridgehead atoms. The molecule has 1 aliphatic rings. The quantitative estimate of drug-likeness (QED) is 0.460. The molecule has 3 heterocycles. The van der Waals surface area contributed by atoms with Crippen molar-refractivity contribution in [3.05, 3.63) is 65.4 Å². The van der Waals surface area contributed by atoms with Crippen LogP contribution in [0.25, 0.3) is 21.3 Å². The predicted octanol–water partition coefficient (Wildman–Crippen LogP) is 4.20. The molecule has 4 aromatic rings. The molecular weight excluding hydrogens is 436 g/mol. The van der Waals surface area contributed by atoms with Crippen molar-refractivity contribution in [2.24, 2.45) is 0 Å². The van der Waals surface area contributed by atoms with Gasteiger partial charge in [0.25, 0.3) is 0 Å². The molecule has 0 amide bonds. The van der Waals surface area contributed by atoms with Crippen LogP contribution in [0.3, 0.4) is 0 Å². The van der Waals surface area contributed by atoms with Crippen molar-refractivity contribution in [3.63, 3.8) is 0 Å². The number of benzene rings is 2. The maximum absolute atomic E-state index is 13.7. The van der Waals surface area contributed by atoms with Gasteiger partial charge < -0.3 is 15.2 Å². The number of carbonyl (C=O) groups is 1. The average molecular weight is 461 g/mol. The number of aromatic nitrogens is 3. The van der Waals surface area contributed by atoms with Gasteiger partial charge in [-0.2, -0.15) is 0 Å². The molecule has 7 nitrogen and oxygen atoms in total. The lowest BCUT2D eigenvalue weighted by Gasteiger charge is -2.36. The van der Waals surface area contributed by atoms with E-state index in [0.717, 1.165) is 37.7 Å². The summed E-state index contributed by atoms with van der Waals surface area (Å²) in [7, 11) is 1.65. The Morgan fingerprint density at radius 3 is 2.52 bits per heavy atom. The predicted molar refractivity (Wildman–Crippen MR) is 128 cm³/mol. The second kappa shape index (κ2) is 8.88. The third kappa shape index (κ3) is 4.19. The van der Waals surface area contributed by atoms with Gasteiger partial charge in [0.1, 0.15) is 16.5 Å². The molecule has 2 aromatic carbocycles. The zero-order chi connectivity index (χ0) is 22.8. The normalized spacial score (nSPS) is 15.4. The summed E-state index contributed by atoms with van der Waals surface area (Å²) in [5, 5.41) is 0.824. The molecule has 0 unspecified atom stereocenters. The first kappa shape index (κ1) is 21.5. The van der Waals surface area contributed by atoms with Crippen LogP contribution in [0.1, 0.15) is 23.4 Å². The molecule has 1 saturated heterocycles. The summed E-state index contributed by atoms with van der Waals surface area (Å²) < 4.78 is 12.0.